The maximum atomic E-state index is 13.4. The summed E-state index contributed by atoms with van der Waals surface area (Å²) in [6.45, 7) is 0.213. The molecular formula is C15H14Cl2FNO2S2. The van der Waals surface area contributed by atoms with Crippen molar-refractivity contribution in [1.29, 1.82) is 0 Å². The number of thioether (sulfide) groups is 1. The zero-order valence-corrected chi connectivity index (χ0v) is 15.1. The zero-order chi connectivity index (χ0) is 16.9. The van der Waals surface area contributed by atoms with Gasteiger partial charge in [-0.15, -0.1) is 0 Å². The molecule has 3 nitrogen and oxygen atoms in total. The molecule has 2 aromatic rings. The number of halogens is 3. The van der Waals surface area contributed by atoms with Gasteiger partial charge in [-0.1, -0.05) is 41.4 Å². The van der Waals surface area contributed by atoms with Crippen LogP contribution in [0, 0.1) is 5.82 Å². The minimum atomic E-state index is -3.72. The molecule has 0 aliphatic carbocycles. The van der Waals surface area contributed by atoms with E-state index in [1.807, 2.05) is 0 Å². The second kappa shape index (κ2) is 8.35. The van der Waals surface area contributed by atoms with Crippen LogP contribution in [0.25, 0.3) is 0 Å². The molecular weight excluding hydrogens is 380 g/mol. The molecule has 0 bridgehead atoms. The SMILES string of the molecule is O=S(=O)(NCCSCc1ccccc1F)c1cc(Cl)ccc1Cl. The van der Waals surface area contributed by atoms with Crippen LogP contribution >= 0.6 is 35.0 Å². The molecule has 0 amide bonds. The van der Waals surface area contributed by atoms with E-state index < -0.39 is 10.0 Å². The number of benzene rings is 2. The van der Waals surface area contributed by atoms with Crippen LogP contribution in [0.4, 0.5) is 4.39 Å². The fraction of sp³-hybridized carbons (Fsp3) is 0.200. The van der Waals surface area contributed by atoms with Crippen molar-refractivity contribution in [3.05, 3.63) is 63.9 Å². The fourth-order valence-corrected chi connectivity index (χ4v) is 4.57. The summed E-state index contributed by atoms with van der Waals surface area (Å²) in [4.78, 5) is -0.0502. The van der Waals surface area contributed by atoms with Gasteiger partial charge >= 0.3 is 0 Å². The van der Waals surface area contributed by atoms with Gasteiger partial charge in [-0.05, 0) is 29.8 Å². The Morgan fingerprint density at radius 3 is 2.61 bits per heavy atom. The molecule has 0 spiro atoms. The van der Waals surface area contributed by atoms with Gasteiger partial charge < -0.3 is 0 Å². The predicted octanol–water partition coefficient (Wildman–Crippen LogP) is 4.34. The Bertz CT molecular complexity index is 785. The maximum absolute atomic E-state index is 13.4. The van der Waals surface area contributed by atoms with E-state index in [-0.39, 0.29) is 22.3 Å². The average Bonchev–Trinajstić information content (AvgIpc) is 2.51. The number of hydrogen-bond donors (Lipinski definition) is 1. The third-order valence-corrected chi connectivity index (χ3v) is 6.12. The fourth-order valence-electron chi connectivity index (χ4n) is 1.81. The third kappa shape index (κ3) is 5.36. The summed E-state index contributed by atoms with van der Waals surface area (Å²) in [5.74, 6) is 0.726. The Labute approximate surface area is 149 Å². The van der Waals surface area contributed by atoms with Gasteiger partial charge in [0.15, 0.2) is 0 Å². The van der Waals surface area contributed by atoms with Gasteiger partial charge in [-0.2, -0.15) is 11.8 Å². The van der Waals surface area contributed by atoms with Gasteiger partial charge in [-0.3, -0.25) is 0 Å². The summed E-state index contributed by atoms with van der Waals surface area (Å²) in [6, 6.07) is 10.8. The first-order chi connectivity index (χ1) is 10.9. The standard InChI is InChI=1S/C15H14Cl2FNO2S2/c16-12-5-6-13(17)15(9-12)23(20,21)19-7-8-22-10-11-3-1-2-4-14(11)18/h1-6,9,19H,7-8,10H2. The highest BCUT2D eigenvalue weighted by atomic mass is 35.5. The minimum absolute atomic E-state index is 0.0502. The summed E-state index contributed by atoms with van der Waals surface area (Å²) in [7, 11) is -3.72. The van der Waals surface area contributed by atoms with Crippen molar-refractivity contribution < 1.29 is 12.8 Å². The molecule has 0 saturated heterocycles. The van der Waals surface area contributed by atoms with Gasteiger partial charge in [0.2, 0.25) is 10.0 Å². The molecule has 0 aromatic heterocycles. The maximum Gasteiger partial charge on any atom is 0.242 e. The second-order valence-electron chi connectivity index (χ2n) is 4.62. The normalized spacial score (nSPS) is 11.6. The molecule has 0 atom stereocenters. The Morgan fingerprint density at radius 1 is 1.13 bits per heavy atom. The molecule has 124 valence electrons. The van der Waals surface area contributed by atoms with E-state index in [2.05, 4.69) is 4.72 Å². The van der Waals surface area contributed by atoms with E-state index in [1.165, 1.54) is 36.0 Å². The summed E-state index contributed by atoms with van der Waals surface area (Å²) in [5.41, 5.74) is 0.596. The Kier molecular flexibility index (Phi) is 6.73. The summed E-state index contributed by atoms with van der Waals surface area (Å²) < 4.78 is 40.2. The Balaban J connectivity index is 1.86. The van der Waals surface area contributed by atoms with E-state index in [0.717, 1.165) is 0 Å². The van der Waals surface area contributed by atoms with Crippen LogP contribution in [0.5, 0.6) is 0 Å². The van der Waals surface area contributed by atoms with Crippen molar-refractivity contribution in [1.82, 2.24) is 4.72 Å². The number of rotatable bonds is 7. The van der Waals surface area contributed by atoms with Gasteiger partial charge in [0.25, 0.3) is 0 Å². The van der Waals surface area contributed by atoms with E-state index in [4.69, 9.17) is 23.2 Å². The third-order valence-electron chi connectivity index (χ3n) is 2.94. The van der Waals surface area contributed by atoms with Gasteiger partial charge in [0.05, 0.1) is 5.02 Å². The van der Waals surface area contributed by atoms with E-state index in [1.54, 1.807) is 18.2 Å². The number of nitrogens with one attached hydrogen (secondary N) is 1. The molecule has 0 aliphatic rings. The van der Waals surface area contributed by atoms with Gasteiger partial charge in [0.1, 0.15) is 10.7 Å². The van der Waals surface area contributed by atoms with E-state index in [0.29, 0.717) is 22.1 Å². The monoisotopic (exact) mass is 393 g/mol. The molecule has 0 saturated carbocycles. The highest BCUT2D eigenvalue weighted by Gasteiger charge is 2.17. The van der Waals surface area contributed by atoms with Crippen LogP contribution in [0.2, 0.25) is 10.0 Å². The van der Waals surface area contributed by atoms with Gasteiger partial charge in [0, 0.05) is 23.1 Å². The van der Waals surface area contributed by atoms with Crippen LogP contribution in [-0.2, 0) is 15.8 Å². The van der Waals surface area contributed by atoms with Crippen molar-refractivity contribution in [3.63, 3.8) is 0 Å². The smallest absolute Gasteiger partial charge is 0.210 e. The molecule has 0 heterocycles. The molecule has 1 N–H and O–H groups in total. The van der Waals surface area contributed by atoms with Crippen molar-refractivity contribution in [2.45, 2.75) is 10.6 Å². The van der Waals surface area contributed by atoms with Crippen molar-refractivity contribution >= 4 is 45.0 Å². The highest BCUT2D eigenvalue weighted by molar-refractivity contribution is 7.98. The Morgan fingerprint density at radius 2 is 1.87 bits per heavy atom. The first-order valence-electron chi connectivity index (χ1n) is 6.66. The summed E-state index contributed by atoms with van der Waals surface area (Å²) in [6.07, 6.45) is 0. The Hall–Kier alpha value is -0.790. The lowest BCUT2D eigenvalue weighted by atomic mass is 10.2. The number of hydrogen-bond acceptors (Lipinski definition) is 3. The van der Waals surface area contributed by atoms with Crippen LogP contribution in [0.3, 0.4) is 0 Å². The average molecular weight is 394 g/mol. The van der Waals surface area contributed by atoms with Gasteiger partial charge in [-0.25, -0.2) is 17.5 Å². The quantitative estimate of drug-likeness (QED) is 0.711. The first-order valence-corrected chi connectivity index (χ1v) is 10.1. The second-order valence-corrected chi connectivity index (χ2v) is 8.30. The summed E-state index contributed by atoms with van der Waals surface area (Å²) >= 11 is 13.1. The molecule has 0 aliphatic heterocycles. The van der Waals surface area contributed by atoms with Crippen molar-refractivity contribution in [3.8, 4) is 0 Å². The van der Waals surface area contributed by atoms with Crippen LogP contribution in [0.15, 0.2) is 47.4 Å². The summed E-state index contributed by atoms with van der Waals surface area (Å²) in [5, 5.41) is 0.407. The minimum Gasteiger partial charge on any atom is -0.210 e. The van der Waals surface area contributed by atoms with Crippen LogP contribution in [-0.4, -0.2) is 20.7 Å². The lowest BCUT2D eigenvalue weighted by Gasteiger charge is -2.09. The molecule has 2 aromatic carbocycles. The lowest BCUT2D eigenvalue weighted by Crippen LogP contribution is -2.26. The molecule has 23 heavy (non-hydrogen) atoms. The van der Waals surface area contributed by atoms with Crippen molar-refractivity contribution in [2.24, 2.45) is 0 Å². The van der Waals surface area contributed by atoms with Crippen LogP contribution in [0.1, 0.15) is 5.56 Å². The van der Waals surface area contributed by atoms with Crippen molar-refractivity contribution in [2.75, 3.05) is 12.3 Å². The largest absolute Gasteiger partial charge is 0.242 e. The molecule has 0 radical (unpaired) electrons. The lowest BCUT2D eigenvalue weighted by molar-refractivity contribution is 0.584. The first kappa shape index (κ1) is 18.5. The van der Waals surface area contributed by atoms with E-state index in [9.17, 15) is 12.8 Å². The van der Waals surface area contributed by atoms with Crippen LogP contribution < -0.4 is 4.72 Å². The van der Waals surface area contributed by atoms with E-state index >= 15 is 0 Å². The topological polar surface area (TPSA) is 46.2 Å². The highest BCUT2D eigenvalue weighted by Crippen LogP contribution is 2.24. The zero-order valence-electron chi connectivity index (χ0n) is 11.9. The number of sulfonamides is 1. The molecule has 0 fully saturated rings. The molecule has 2 rings (SSSR count). The molecule has 8 heteroatoms. The molecule has 0 unspecified atom stereocenters. The predicted molar refractivity (Wildman–Crippen MR) is 94.2 cm³/mol.